The van der Waals surface area contributed by atoms with E-state index in [0.717, 1.165) is 18.0 Å². The molecule has 3 N–H and O–H groups in total. The van der Waals surface area contributed by atoms with Crippen LogP contribution in [0, 0.1) is 11.8 Å². The van der Waals surface area contributed by atoms with Gasteiger partial charge >= 0.3 is 0 Å². The van der Waals surface area contributed by atoms with E-state index in [4.69, 9.17) is 5.73 Å². The molecule has 1 aliphatic rings. The van der Waals surface area contributed by atoms with E-state index < -0.39 is 6.04 Å². The molecule has 2 atom stereocenters. The third-order valence-electron chi connectivity index (χ3n) is 3.47. The van der Waals surface area contributed by atoms with Gasteiger partial charge in [-0.25, -0.2) is 0 Å². The summed E-state index contributed by atoms with van der Waals surface area (Å²) < 4.78 is 0. The van der Waals surface area contributed by atoms with Crippen molar-refractivity contribution in [3.8, 4) is 0 Å². The van der Waals surface area contributed by atoms with Crippen LogP contribution in [0.2, 0.25) is 0 Å². The van der Waals surface area contributed by atoms with Gasteiger partial charge < -0.3 is 11.1 Å². The molecule has 17 heavy (non-hydrogen) atoms. The number of carbonyl (C=O) groups excluding carboxylic acids is 1. The molecule has 2 rings (SSSR count). The van der Waals surface area contributed by atoms with Gasteiger partial charge in [0.15, 0.2) is 0 Å². The average Bonchev–Trinajstić information content (AvgIpc) is 3.20. The molecule has 1 amide bonds. The lowest BCUT2D eigenvalue weighted by atomic mass is 10.1. The van der Waals surface area contributed by atoms with E-state index in [1.54, 1.807) is 0 Å². The number of carbonyl (C=O) groups is 1. The molecule has 0 bridgehead atoms. The van der Waals surface area contributed by atoms with Crippen LogP contribution in [0.3, 0.4) is 0 Å². The first-order valence-corrected chi connectivity index (χ1v) is 6.26. The largest absolute Gasteiger partial charge is 0.354 e. The summed E-state index contributed by atoms with van der Waals surface area (Å²) >= 11 is 0. The Hall–Kier alpha value is -1.35. The second-order valence-corrected chi connectivity index (χ2v) is 4.95. The highest BCUT2D eigenvalue weighted by Crippen LogP contribution is 2.36. The molecular weight excluding hydrogens is 212 g/mol. The average molecular weight is 232 g/mol. The highest BCUT2D eigenvalue weighted by Gasteiger charge is 2.28. The number of nitrogens with two attached hydrogens (primary N) is 1. The topological polar surface area (TPSA) is 55.1 Å². The molecule has 0 aromatic heterocycles. The van der Waals surface area contributed by atoms with E-state index in [2.05, 4.69) is 12.2 Å². The Bertz CT molecular complexity index is 373. The maximum Gasteiger partial charge on any atom is 0.241 e. The number of hydrogen-bond acceptors (Lipinski definition) is 2. The molecular formula is C14H20N2O. The Kier molecular flexibility index (Phi) is 3.79. The van der Waals surface area contributed by atoms with Crippen molar-refractivity contribution in [2.24, 2.45) is 17.6 Å². The molecule has 1 unspecified atom stereocenters. The van der Waals surface area contributed by atoms with Crippen LogP contribution in [0.4, 0.5) is 0 Å². The number of hydrogen-bond donors (Lipinski definition) is 2. The summed E-state index contributed by atoms with van der Waals surface area (Å²) in [5, 5.41) is 2.94. The van der Waals surface area contributed by atoms with Crippen LogP contribution in [-0.2, 0) is 4.79 Å². The zero-order valence-electron chi connectivity index (χ0n) is 10.2. The Balaban J connectivity index is 1.82. The summed E-state index contributed by atoms with van der Waals surface area (Å²) in [6.45, 7) is 2.93. The Morgan fingerprint density at radius 3 is 2.65 bits per heavy atom. The second-order valence-electron chi connectivity index (χ2n) is 4.95. The van der Waals surface area contributed by atoms with Gasteiger partial charge in [0.25, 0.3) is 0 Å². The number of amides is 1. The lowest BCUT2D eigenvalue weighted by molar-refractivity contribution is -0.122. The maximum absolute atomic E-state index is 11.9. The molecule has 3 nitrogen and oxygen atoms in total. The lowest BCUT2D eigenvalue weighted by Crippen LogP contribution is -2.36. The first-order chi connectivity index (χ1) is 8.18. The zero-order chi connectivity index (χ0) is 12.3. The number of rotatable bonds is 5. The minimum atomic E-state index is -0.553. The van der Waals surface area contributed by atoms with Crippen LogP contribution in [-0.4, -0.2) is 12.5 Å². The van der Waals surface area contributed by atoms with Crippen molar-refractivity contribution >= 4 is 5.91 Å². The summed E-state index contributed by atoms with van der Waals surface area (Å²) in [5.41, 5.74) is 6.77. The SMILES string of the molecule is CC(CNC(=O)[C@@H](N)c1ccccc1)C1CC1. The summed E-state index contributed by atoms with van der Waals surface area (Å²) in [7, 11) is 0. The molecule has 0 aliphatic heterocycles. The standard InChI is InChI=1S/C14H20N2O/c1-10(11-7-8-11)9-16-14(17)13(15)12-5-3-2-4-6-12/h2-6,10-11,13H,7-9,15H2,1H3,(H,16,17)/t10?,13-/m0/s1. The van der Waals surface area contributed by atoms with E-state index in [9.17, 15) is 4.79 Å². The van der Waals surface area contributed by atoms with E-state index in [1.165, 1.54) is 12.8 Å². The van der Waals surface area contributed by atoms with E-state index >= 15 is 0 Å². The van der Waals surface area contributed by atoms with Gasteiger partial charge in [-0.1, -0.05) is 37.3 Å². The van der Waals surface area contributed by atoms with E-state index in [1.807, 2.05) is 30.3 Å². The Labute approximate surface area is 102 Å². The van der Waals surface area contributed by atoms with E-state index in [-0.39, 0.29) is 5.91 Å². The van der Waals surface area contributed by atoms with Crippen molar-refractivity contribution in [2.75, 3.05) is 6.54 Å². The molecule has 0 saturated heterocycles. The minimum absolute atomic E-state index is 0.0799. The number of benzene rings is 1. The molecule has 0 radical (unpaired) electrons. The molecule has 0 heterocycles. The summed E-state index contributed by atoms with van der Waals surface area (Å²) in [5.74, 6) is 1.30. The van der Waals surface area contributed by atoms with Crippen molar-refractivity contribution in [3.63, 3.8) is 0 Å². The fourth-order valence-corrected chi connectivity index (χ4v) is 2.02. The predicted molar refractivity (Wildman–Crippen MR) is 68.3 cm³/mol. The molecule has 0 spiro atoms. The van der Waals surface area contributed by atoms with Crippen LogP contribution < -0.4 is 11.1 Å². The number of nitrogens with one attached hydrogen (secondary N) is 1. The predicted octanol–water partition coefficient (Wildman–Crippen LogP) is 1.85. The van der Waals surface area contributed by atoms with Gasteiger partial charge in [0, 0.05) is 6.54 Å². The van der Waals surface area contributed by atoms with Gasteiger partial charge in [-0.2, -0.15) is 0 Å². The molecule has 1 saturated carbocycles. The highest BCUT2D eigenvalue weighted by molar-refractivity contribution is 5.82. The normalized spacial score (nSPS) is 18.5. The van der Waals surface area contributed by atoms with Crippen molar-refractivity contribution < 1.29 is 4.79 Å². The zero-order valence-corrected chi connectivity index (χ0v) is 10.2. The van der Waals surface area contributed by atoms with Crippen LogP contribution in [0.25, 0.3) is 0 Å². The quantitative estimate of drug-likeness (QED) is 0.814. The fourth-order valence-electron chi connectivity index (χ4n) is 2.02. The third-order valence-corrected chi connectivity index (χ3v) is 3.47. The van der Waals surface area contributed by atoms with Crippen molar-refractivity contribution in [1.82, 2.24) is 5.32 Å². The molecule has 92 valence electrons. The monoisotopic (exact) mass is 232 g/mol. The van der Waals surface area contributed by atoms with Crippen LogP contribution in [0.5, 0.6) is 0 Å². The summed E-state index contributed by atoms with van der Waals surface area (Å²) in [6, 6.07) is 8.93. The molecule has 1 aliphatic carbocycles. The third kappa shape index (κ3) is 3.30. The van der Waals surface area contributed by atoms with Gasteiger partial charge in [0.05, 0.1) is 0 Å². The summed E-state index contributed by atoms with van der Waals surface area (Å²) in [6.07, 6.45) is 2.61. The van der Waals surface area contributed by atoms with Crippen LogP contribution in [0.1, 0.15) is 31.4 Å². The van der Waals surface area contributed by atoms with Gasteiger partial charge in [0.2, 0.25) is 5.91 Å². The van der Waals surface area contributed by atoms with Crippen LogP contribution >= 0.6 is 0 Å². The van der Waals surface area contributed by atoms with Gasteiger partial charge in [-0.3, -0.25) is 4.79 Å². The van der Waals surface area contributed by atoms with Crippen molar-refractivity contribution in [3.05, 3.63) is 35.9 Å². The highest BCUT2D eigenvalue weighted by atomic mass is 16.2. The van der Waals surface area contributed by atoms with E-state index in [0.29, 0.717) is 5.92 Å². The van der Waals surface area contributed by atoms with Gasteiger partial charge in [-0.05, 0) is 30.2 Å². The smallest absolute Gasteiger partial charge is 0.241 e. The van der Waals surface area contributed by atoms with Gasteiger partial charge in [0.1, 0.15) is 6.04 Å². The van der Waals surface area contributed by atoms with Crippen molar-refractivity contribution in [1.29, 1.82) is 0 Å². The second kappa shape index (κ2) is 5.32. The molecule has 1 aromatic carbocycles. The van der Waals surface area contributed by atoms with Gasteiger partial charge in [-0.15, -0.1) is 0 Å². The van der Waals surface area contributed by atoms with Crippen LogP contribution in [0.15, 0.2) is 30.3 Å². The minimum Gasteiger partial charge on any atom is -0.354 e. The molecule has 1 aromatic rings. The first-order valence-electron chi connectivity index (χ1n) is 6.26. The summed E-state index contributed by atoms with van der Waals surface area (Å²) in [4.78, 5) is 11.9. The maximum atomic E-state index is 11.9. The molecule has 1 fully saturated rings. The first kappa shape index (κ1) is 12.1. The lowest BCUT2D eigenvalue weighted by Gasteiger charge is -2.15. The molecule has 3 heteroatoms. The van der Waals surface area contributed by atoms with Crippen molar-refractivity contribution in [2.45, 2.75) is 25.8 Å². The Morgan fingerprint density at radius 1 is 1.41 bits per heavy atom. The fraction of sp³-hybridized carbons (Fsp3) is 0.500. The Morgan fingerprint density at radius 2 is 2.06 bits per heavy atom.